The zero-order valence-corrected chi connectivity index (χ0v) is 20.2. The Hall–Kier alpha value is -5.09. The van der Waals surface area contributed by atoms with Gasteiger partial charge in [-0.1, -0.05) is 91.5 Å². The van der Waals surface area contributed by atoms with Gasteiger partial charge in [0.25, 0.3) is 0 Å². The molecule has 0 aliphatic heterocycles. The fourth-order valence-corrected chi connectivity index (χ4v) is 4.78. The molecule has 3 aromatic carbocycles. The van der Waals surface area contributed by atoms with Crippen molar-refractivity contribution >= 4 is 23.2 Å². The third-order valence-electron chi connectivity index (χ3n) is 6.55. The first kappa shape index (κ1) is 22.4. The average Bonchev–Trinajstić information content (AvgIpc) is 3.31. The quantitative estimate of drug-likeness (QED) is 0.247. The molecule has 4 nitrogen and oxygen atoms in total. The molecule has 37 heavy (non-hydrogen) atoms. The van der Waals surface area contributed by atoms with Gasteiger partial charge >= 0.3 is 0 Å². The average molecular weight is 477 g/mol. The molecule has 3 heterocycles. The van der Waals surface area contributed by atoms with Gasteiger partial charge in [0.05, 0.1) is 28.3 Å². The van der Waals surface area contributed by atoms with Crippen LogP contribution in [0.4, 0.5) is 0 Å². The van der Waals surface area contributed by atoms with Gasteiger partial charge in [0.2, 0.25) is 0 Å². The van der Waals surface area contributed by atoms with E-state index in [0.717, 1.165) is 50.6 Å². The van der Waals surface area contributed by atoms with Crippen molar-refractivity contribution in [3.05, 3.63) is 133 Å². The monoisotopic (exact) mass is 476 g/mol. The van der Waals surface area contributed by atoms with Crippen LogP contribution in [0, 0.1) is 5.41 Å². The topological polar surface area (TPSA) is 54.6 Å². The van der Waals surface area contributed by atoms with E-state index in [4.69, 9.17) is 15.4 Å². The molecule has 0 spiro atoms. The lowest BCUT2D eigenvalue weighted by Gasteiger charge is -2.11. The van der Waals surface area contributed by atoms with E-state index in [1.807, 2.05) is 66.7 Å². The summed E-state index contributed by atoms with van der Waals surface area (Å²) < 4.78 is 2.05. The van der Waals surface area contributed by atoms with E-state index in [2.05, 4.69) is 59.7 Å². The molecule has 1 N–H and O–H groups in total. The summed E-state index contributed by atoms with van der Waals surface area (Å²) in [5.74, 6) is 0.760. The smallest absolute Gasteiger partial charge is 0.138 e. The zero-order valence-electron chi connectivity index (χ0n) is 20.2. The summed E-state index contributed by atoms with van der Waals surface area (Å²) >= 11 is 0. The van der Waals surface area contributed by atoms with Crippen molar-refractivity contribution < 1.29 is 0 Å². The summed E-state index contributed by atoms with van der Waals surface area (Å²) in [6.07, 6.45) is 3.17. The fourth-order valence-electron chi connectivity index (χ4n) is 4.78. The fraction of sp³-hybridized carbons (Fsp3) is 0. The van der Waals surface area contributed by atoms with Crippen LogP contribution in [0.1, 0.15) is 11.3 Å². The molecule has 3 aromatic heterocycles. The van der Waals surface area contributed by atoms with Gasteiger partial charge in [-0.05, 0) is 47.5 Å². The van der Waals surface area contributed by atoms with Crippen LogP contribution < -0.4 is 0 Å². The Kier molecular flexibility index (Phi) is 5.75. The van der Waals surface area contributed by atoms with E-state index in [-0.39, 0.29) is 0 Å². The van der Waals surface area contributed by atoms with E-state index >= 15 is 0 Å². The molecule has 0 fully saturated rings. The number of nitrogens with zero attached hydrogens (tertiary/aromatic N) is 3. The third kappa shape index (κ3) is 4.05. The van der Waals surface area contributed by atoms with Crippen LogP contribution in [0.2, 0.25) is 0 Å². The molecule has 176 valence electrons. The van der Waals surface area contributed by atoms with Gasteiger partial charge in [0, 0.05) is 22.7 Å². The SMILES string of the molecule is C=Cc1c(C=N)c2ccccc2n1-c1cccc(-c2cccc(-c3ccc(-c4ccccc4)cc3)n2)n1. The van der Waals surface area contributed by atoms with Crippen molar-refractivity contribution in [2.45, 2.75) is 0 Å². The molecule has 0 amide bonds. The number of rotatable bonds is 6. The molecule has 0 bridgehead atoms. The number of benzene rings is 3. The Morgan fingerprint density at radius 1 is 0.595 bits per heavy atom. The first-order valence-corrected chi connectivity index (χ1v) is 12.1. The molecule has 0 unspecified atom stereocenters. The molecule has 0 aliphatic carbocycles. The number of hydrogen-bond donors (Lipinski definition) is 1. The van der Waals surface area contributed by atoms with E-state index in [0.29, 0.717) is 0 Å². The van der Waals surface area contributed by atoms with Crippen molar-refractivity contribution in [2.24, 2.45) is 0 Å². The Morgan fingerprint density at radius 3 is 1.97 bits per heavy atom. The summed E-state index contributed by atoms with van der Waals surface area (Å²) in [6, 6.07) is 38.9. The van der Waals surface area contributed by atoms with Crippen LogP contribution in [0.25, 0.3) is 56.6 Å². The van der Waals surface area contributed by atoms with Crippen molar-refractivity contribution in [1.82, 2.24) is 14.5 Å². The lowest BCUT2D eigenvalue weighted by molar-refractivity contribution is 1.03. The Bertz CT molecular complexity index is 1750. The maximum Gasteiger partial charge on any atom is 0.138 e. The van der Waals surface area contributed by atoms with Crippen LogP contribution in [-0.2, 0) is 0 Å². The second-order valence-electron chi connectivity index (χ2n) is 8.73. The number of fused-ring (bicyclic) bond motifs is 1. The second kappa shape index (κ2) is 9.51. The van der Waals surface area contributed by atoms with Gasteiger partial charge < -0.3 is 5.41 Å². The minimum Gasteiger partial charge on any atom is -0.308 e. The van der Waals surface area contributed by atoms with Gasteiger partial charge in [-0.25, -0.2) is 9.97 Å². The normalized spacial score (nSPS) is 10.9. The highest BCUT2D eigenvalue weighted by Crippen LogP contribution is 2.30. The predicted molar refractivity (Wildman–Crippen MR) is 153 cm³/mol. The standard InChI is InChI=1S/C33H24N4/c1-2-31-27(22-34)26-12-6-7-16-32(26)37(31)33-17-9-15-30(36-33)29-14-8-13-28(35-29)25-20-18-24(19-21-25)23-10-4-3-5-11-23/h2-22,34H,1H2. The predicted octanol–water partition coefficient (Wildman–Crippen LogP) is 8.06. The molecular weight excluding hydrogens is 452 g/mol. The van der Waals surface area contributed by atoms with Gasteiger partial charge in [-0.15, -0.1) is 0 Å². The van der Waals surface area contributed by atoms with Crippen LogP contribution in [0.5, 0.6) is 0 Å². The lowest BCUT2D eigenvalue weighted by Crippen LogP contribution is -2.02. The van der Waals surface area contributed by atoms with Gasteiger partial charge in [-0.3, -0.25) is 4.57 Å². The van der Waals surface area contributed by atoms with Crippen molar-refractivity contribution in [3.8, 4) is 39.6 Å². The maximum atomic E-state index is 7.97. The molecule has 0 atom stereocenters. The summed E-state index contributed by atoms with van der Waals surface area (Å²) in [4.78, 5) is 9.93. The zero-order chi connectivity index (χ0) is 25.2. The van der Waals surface area contributed by atoms with E-state index < -0.39 is 0 Å². The van der Waals surface area contributed by atoms with Crippen LogP contribution >= 0.6 is 0 Å². The molecule has 0 saturated carbocycles. The van der Waals surface area contributed by atoms with Crippen molar-refractivity contribution in [1.29, 1.82) is 5.41 Å². The molecular formula is C33H24N4. The molecule has 0 saturated heterocycles. The van der Waals surface area contributed by atoms with Gasteiger partial charge in [0.1, 0.15) is 5.82 Å². The summed E-state index contributed by atoms with van der Waals surface area (Å²) in [5, 5.41) is 8.97. The highest BCUT2D eigenvalue weighted by Gasteiger charge is 2.16. The van der Waals surface area contributed by atoms with E-state index in [1.54, 1.807) is 6.08 Å². The van der Waals surface area contributed by atoms with Crippen molar-refractivity contribution in [2.75, 3.05) is 0 Å². The molecule has 0 aliphatic rings. The largest absolute Gasteiger partial charge is 0.308 e. The van der Waals surface area contributed by atoms with Gasteiger partial charge in [-0.2, -0.15) is 0 Å². The Labute approximate surface area is 215 Å². The number of para-hydroxylation sites is 1. The maximum absolute atomic E-state index is 7.97. The lowest BCUT2D eigenvalue weighted by atomic mass is 10.0. The summed E-state index contributed by atoms with van der Waals surface area (Å²) in [6.45, 7) is 4.01. The highest BCUT2D eigenvalue weighted by molar-refractivity contribution is 6.03. The highest BCUT2D eigenvalue weighted by atomic mass is 15.1. The van der Waals surface area contributed by atoms with Crippen LogP contribution in [0.15, 0.2) is 122 Å². The van der Waals surface area contributed by atoms with Crippen LogP contribution in [0.3, 0.4) is 0 Å². The summed E-state index contributed by atoms with van der Waals surface area (Å²) in [7, 11) is 0. The number of aromatic nitrogens is 3. The first-order chi connectivity index (χ1) is 18.3. The van der Waals surface area contributed by atoms with Crippen LogP contribution in [-0.4, -0.2) is 20.7 Å². The Balaban J connectivity index is 1.39. The summed E-state index contributed by atoms with van der Waals surface area (Å²) in [5.41, 5.74) is 8.57. The van der Waals surface area contributed by atoms with Crippen molar-refractivity contribution in [3.63, 3.8) is 0 Å². The van der Waals surface area contributed by atoms with E-state index in [1.165, 1.54) is 17.3 Å². The first-order valence-electron chi connectivity index (χ1n) is 12.1. The number of hydrogen-bond acceptors (Lipinski definition) is 3. The number of pyridine rings is 2. The molecule has 0 radical (unpaired) electrons. The molecule has 4 heteroatoms. The molecule has 6 aromatic rings. The number of nitrogens with one attached hydrogen (secondary N) is 1. The minimum atomic E-state index is 0.760. The van der Waals surface area contributed by atoms with E-state index in [9.17, 15) is 0 Å². The minimum absolute atomic E-state index is 0.760. The molecule has 6 rings (SSSR count). The third-order valence-corrected chi connectivity index (χ3v) is 6.55. The second-order valence-corrected chi connectivity index (χ2v) is 8.73. The Morgan fingerprint density at radius 2 is 1.22 bits per heavy atom. The van der Waals surface area contributed by atoms with Gasteiger partial charge in [0.15, 0.2) is 0 Å².